The zero-order valence-corrected chi connectivity index (χ0v) is 15.2. The first-order valence-corrected chi connectivity index (χ1v) is 8.90. The minimum atomic E-state index is -0.449. The summed E-state index contributed by atoms with van der Waals surface area (Å²) in [7, 11) is 0. The van der Waals surface area contributed by atoms with Crippen LogP contribution in [-0.4, -0.2) is 4.57 Å². The van der Waals surface area contributed by atoms with Gasteiger partial charge in [-0.15, -0.1) is 0 Å². The molecule has 0 amide bonds. The lowest BCUT2D eigenvalue weighted by Crippen LogP contribution is -2.16. The van der Waals surface area contributed by atoms with Crippen LogP contribution in [0.25, 0.3) is 28.2 Å². The van der Waals surface area contributed by atoms with Gasteiger partial charge in [0.15, 0.2) is 5.43 Å². The Morgan fingerprint density at radius 3 is 1.86 bits per heavy atom. The lowest BCUT2D eigenvalue weighted by atomic mass is 10.0. The Balaban J connectivity index is 2.19. The van der Waals surface area contributed by atoms with Crippen LogP contribution in [0.2, 0.25) is 0 Å². The van der Waals surface area contributed by atoms with E-state index in [1.165, 1.54) is 18.2 Å². The molecule has 0 bridgehead atoms. The summed E-state index contributed by atoms with van der Waals surface area (Å²) in [5.74, 6) is -0.893. The maximum absolute atomic E-state index is 14.7. The molecule has 0 saturated carbocycles. The average molecular weight is 373 g/mol. The summed E-state index contributed by atoms with van der Waals surface area (Å²) in [5, 5.41) is 0. The van der Waals surface area contributed by atoms with Crippen molar-refractivity contribution in [3.8, 4) is 28.2 Å². The second-order valence-corrected chi connectivity index (χ2v) is 6.50. The van der Waals surface area contributed by atoms with Crippen LogP contribution in [0.5, 0.6) is 0 Å². The van der Waals surface area contributed by atoms with Gasteiger partial charge >= 0.3 is 0 Å². The molecule has 0 aliphatic carbocycles. The number of rotatable bonds is 3. The quantitative estimate of drug-likeness (QED) is 0.448. The Labute approximate surface area is 161 Å². The first kappa shape index (κ1) is 17.9. The molecule has 0 aliphatic rings. The number of hydrogen-bond acceptors (Lipinski definition) is 1. The van der Waals surface area contributed by atoms with Gasteiger partial charge in [-0.25, -0.2) is 8.78 Å². The van der Waals surface area contributed by atoms with Crippen molar-refractivity contribution in [2.75, 3.05) is 0 Å². The highest BCUT2D eigenvalue weighted by atomic mass is 19.1. The van der Waals surface area contributed by atoms with E-state index in [4.69, 9.17) is 0 Å². The second kappa shape index (κ2) is 7.24. The molecule has 0 fully saturated rings. The smallest absolute Gasteiger partial charge is 0.185 e. The van der Waals surface area contributed by atoms with Crippen molar-refractivity contribution in [2.45, 2.75) is 6.92 Å². The van der Waals surface area contributed by atoms with E-state index in [0.717, 1.165) is 0 Å². The molecule has 3 aromatic carbocycles. The topological polar surface area (TPSA) is 22.0 Å². The predicted molar refractivity (Wildman–Crippen MR) is 108 cm³/mol. The zero-order valence-electron chi connectivity index (χ0n) is 15.2. The number of hydrogen-bond donors (Lipinski definition) is 0. The van der Waals surface area contributed by atoms with Crippen molar-refractivity contribution in [3.63, 3.8) is 0 Å². The lowest BCUT2D eigenvalue weighted by molar-refractivity contribution is 0.628. The van der Waals surface area contributed by atoms with Gasteiger partial charge in [-0.1, -0.05) is 42.5 Å². The average Bonchev–Trinajstić information content (AvgIpc) is 2.71. The molecule has 2 nitrogen and oxygen atoms in total. The fourth-order valence-corrected chi connectivity index (χ4v) is 3.39. The van der Waals surface area contributed by atoms with E-state index in [2.05, 4.69) is 0 Å². The first-order chi connectivity index (χ1) is 13.6. The molecule has 28 heavy (non-hydrogen) atoms. The van der Waals surface area contributed by atoms with Crippen LogP contribution in [0.4, 0.5) is 8.78 Å². The normalized spacial score (nSPS) is 10.8. The van der Waals surface area contributed by atoms with Gasteiger partial charge in [-0.05, 0) is 43.3 Å². The Morgan fingerprint density at radius 1 is 0.714 bits per heavy atom. The zero-order chi connectivity index (χ0) is 19.7. The Kier molecular flexibility index (Phi) is 4.62. The van der Waals surface area contributed by atoms with Gasteiger partial charge in [0.25, 0.3) is 0 Å². The molecule has 4 heteroatoms. The van der Waals surface area contributed by atoms with Crippen LogP contribution in [0, 0.1) is 18.6 Å². The molecule has 0 unspecified atom stereocenters. The third-order valence-electron chi connectivity index (χ3n) is 4.75. The first-order valence-electron chi connectivity index (χ1n) is 8.90. The third kappa shape index (κ3) is 3.03. The van der Waals surface area contributed by atoms with Gasteiger partial charge in [-0.2, -0.15) is 0 Å². The minimum absolute atomic E-state index is 0.274. The summed E-state index contributed by atoms with van der Waals surface area (Å²) < 4.78 is 31.1. The SMILES string of the molecule is Cc1c(-c2ccccc2F)n(-c2ccccc2)c(-c2ccccc2F)cc1=O. The van der Waals surface area contributed by atoms with Crippen LogP contribution in [0.3, 0.4) is 0 Å². The van der Waals surface area contributed by atoms with Crippen molar-refractivity contribution in [1.82, 2.24) is 4.57 Å². The number of pyridine rings is 1. The van der Waals surface area contributed by atoms with Gasteiger partial charge in [0.1, 0.15) is 11.6 Å². The van der Waals surface area contributed by atoms with Crippen LogP contribution in [0.1, 0.15) is 5.56 Å². The van der Waals surface area contributed by atoms with Gasteiger partial charge in [0.2, 0.25) is 0 Å². The highest BCUT2D eigenvalue weighted by Crippen LogP contribution is 2.33. The Bertz CT molecular complexity index is 1210. The molecular formula is C24H17F2NO. The molecule has 0 saturated heterocycles. The lowest BCUT2D eigenvalue weighted by Gasteiger charge is -2.22. The highest BCUT2D eigenvalue weighted by Gasteiger charge is 2.20. The minimum Gasteiger partial charge on any atom is -0.309 e. The summed E-state index contributed by atoms with van der Waals surface area (Å²) in [6, 6.07) is 23.2. The number of halogens is 2. The van der Waals surface area contributed by atoms with E-state index in [0.29, 0.717) is 28.2 Å². The predicted octanol–water partition coefficient (Wildman–Crippen LogP) is 5.76. The molecule has 4 rings (SSSR count). The summed E-state index contributed by atoms with van der Waals surface area (Å²) in [6.07, 6.45) is 0. The summed E-state index contributed by atoms with van der Waals surface area (Å²) in [5.41, 5.74) is 2.19. The van der Waals surface area contributed by atoms with E-state index in [1.807, 2.05) is 30.3 Å². The van der Waals surface area contributed by atoms with Crippen LogP contribution in [-0.2, 0) is 0 Å². The third-order valence-corrected chi connectivity index (χ3v) is 4.75. The summed E-state index contributed by atoms with van der Waals surface area (Å²) >= 11 is 0. The van der Waals surface area contributed by atoms with Crippen LogP contribution >= 0.6 is 0 Å². The van der Waals surface area contributed by atoms with Crippen molar-refractivity contribution in [1.29, 1.82) is 0 Å². The Hall–Kier alpha value is -3.53. The maximum Gasteiger partial charge on any atom is 0.185 e. The number of para-hydroxylation sites is 1. The van der Waals surface area contributed by atoms with Crippen LogP contribution < -0.4 is 5.43 Å². The molecule has 0 radical (unpaired) electrons. The largest absolute Gasteiger partial charge is 0.309 e. The maximum atomic E-state index is 14.7. The molecule has 0 spiro atoms. The molecule has 4 aromatic rings. The van der Waals surface area contributed by atoms with E-state index < -0.39 is 11.6 Å². The number of benzene rings is 3. The molecule has 138 valence electrons. The van der Waals surface area contributed by atoms with Crippen molar-refractivity contribution < 1.29 is 8.78 Å². The van der Waals surface area contributed by atoms with Gasteiger partial charge < -0.3 is 4.57 Å². The molecular weight excluding hydrogens is 356 g/mol. The van der Waals surface area contributed by atoms with E-state index in [9.17, 15) is 13.6 Å². The van der Waals surface area contributed by atoms with E-state index in [1.54, 1.807) is 47.9 Å². The molecule has 0 N–H and O–H groups in total. The van der Waals surface area contributed by atoms with Gasteiger partial charge in [0.05, 0.1) is 11.4 Å². The summed E-state index contributed by atoms with van der Waals surface area (Å²) in [6.45, 7) is 1.66. The van der Waals surface area contributed by atoms with Gasteiger partial charge in [0, 0.05) is 28.4 Å². The fraction of sp³-hybridized carbons (Fsp3) is 0.0417. The van der Waals surface area contributed by atoms with Crippen molar-refractivity contribution >= 4 is 0 Å². The fourth-order valence-electron chi connectivity index (χ4n) is 3.39. The van der Waals surface area contributed by atoms with Gasteiger partial charge in [-0.3, -0.25) is 4.79 Å². The standard InChI is InChI=1S/C24H17F2NO/c1-16-23(28)15-22(18-11-5-7-13-20(18)25)27(17-9-3-2-4-10-17)24(16)19-12-6-8-14-21(19)26/h2-15H,1H3. The summed E-state index contributed by atoms with van der Waals surface area (Å²) in [4.78, 5) is 12.8. The monoisotopic (exact) mass is 373 g/mol. The second-order valence-electron chi connectivity index (χ2n) is 6.50. The van der Waals surface area contributed by atoms with E-state index in [-0.39, 0.29) is 11.0 Å². The molecule has 1 aromatic heterocycles. The molecule has 0 aliphatic heterocycles. The highest BCUT2D eigenvalue weighted by molar-refractivity contribution is 5.74. The van der Waals surface area contributed by atoms with E-state index >= 15 is 0 Å². The number of nitrogens with zero attached hydrogens (tertiary/aromatic N) is 1. The Morgan fingerprint density at radius 2 is 1.25 bits per heavy atom. The van der Waals surface area contributed by atoms with Crippen LogP contribution in [0.15, 0.2) is 89.7 Å². The number of aromatic nitrogens is 1. The van der Waals surface area contributed by atoms with Crippen molar-refractivity contribution in [3.05, 3.63) is 112 Å². The van der Waals surface area contributed by atoms with Crippen molar-refractivity contribution in [2.24, 2.45) is 0 Å². The molecule has 1 heterocycles. The molecule has 0 atom stereocenters.